The third-order valence-corrected chi connectivity index (χ3v) is 5.59. The second-order valence-corrected chi connectivity index (χ2v) is 10.3. The van der Waals surface area contributed by atoms with Gasteiger partial charge in [0.15, 0.2) is 0 Å². The lowest BCUT2D eigenvalue weighted by atomic mass is 9.81. The van der Waals surface area contributed by atoms with Crippen molar-refractivity contribution in [2.75, 3.05) is 6.54 Å². The fourth-order valence-electron chi connectivity index (χ4n) is 4.16. The first-order chi connectivity index (χ1) is 14.5. The van der Waals surface area contributed by atoms with E-state index in [0.29, 0.717) is 5.92 Å². The molecule has 166 valence electrons. The molecule has 1 aliphatic rings. The molecule has 1 fully saturated rings. The number of nitrogens with one attached hydrogen (secondary N) is 1. The van der Waals surface area contributed by atoms with E-state index >= 15 is 0 Å². The molecular formula is C26H35N3O2. The molecule has 1 saturated heterocycles. The molecule has 5 nitrogen and oxygen atoms in total. The van der Waals surface area contributed by atoms with Crippen LogP contribution in [0.1, 0.15) is 62.7 Å². The molecule has 0 radical (unpaired) electrons. The molecule has 0 atom stereocenters. The normalized spacial score (nSPS) is 14.5. The van der Waals surface area contributed by atoms with Gasteiger partial charge in [-0.2, -0.15) is 0 Å². The first kappa shape index (κ1) is 23.0. The minimum absolute atomic E-state index is 0.0610. The highest BCUT2D eigenvalue weighted by Gasteiger charge is 2.31. The number of pyridine rings is 1. The number of hydrogen-bond donors (Lipinski definition) is 1. The van der Waals surface area contributed by atoms with Crippen LogP contribution in [0.25, 0.3) is 11.1 Å². The number of carbonyl (C=O) groups excluding carboxylic acids is 2. The van der Waals surface area contributed by atoms with Gasteiger partial charge in [0.25, 0.3) is 0 Å². The van der Waals surface area contributed by atoms with E-state index in [-0.39, 0.29) is 30.4 Å². The van der Waals surface area contributed by atoms with E-state index in [1.807, 2.05) is 6.92 Å². The number of urea groups is 1. The zero-order valence-electron chi connectivity index (χ0n) is 19.9. The summed E-state index contributed by atoms with van der Waals surface area (Å²) in [6, 6.07) is 8.19. The van der Waals surface area contributed by atoms with Crippen LogP contribution in [0.5, 0.6) is 0 Å². The number of hydrogen-bond acceptors (Lipinski definition) is 3. The van der Waals surface area contributed by atoms with E-state index in [4.69, 9.17) is 4.98 Å². The number of nitrogens with zero attached hydrogens (tertiary/aromatic N) is 2. The van der Waals surface area contributed by atoms with Crippen LogP contribution in [-0.4, -0.2) is 28.4 Å². The smallest absolute Gasteiger partial charge is 0.324 e. The van der Waals surface area contributed by atoms with E-state index in [1.165, 1.54) is 16.0 Å². The molecule has 1 aromatic heterocycles. The Morgan fingerprint density at radius 2 is 1.71 bits per heavy atom. The molecule has 0 bridgehead atoms. The van der Waals surface area contributed by atoms with Gasteiger partial charge in [0, 0.05) is 17.0 Å². The number of aryl methyl sites for hydroxylation is 2. The SMILES string of the molecule is Cc1ccc(-c2c(CN3C(=O)CNC3=O)c(C)nc(CC(C)C)c2CC(C)(C)C)cc1. The molecule has 2 heterocycles. The van der Waals surface area contributed by atoms with Gasteiger partial charge >= 0.3 is 6.03 Å². The maximum absolute atomic E-state index is 12.3. The number of imide groups is 1. The molecule has 0 saturated carbocycles. The maximum atomic E-state index is 12.3. The number of carbonyl (C=O) groups is 2. The average molecular weight is 422 g/mol. The van der Waals surface area contributed by atoms with E-state index < -0.39 is 0 Å². The van der Waals surface area contributed by atoms with Crippen molar-refractivity contribution >= 4 is 11.9 Å². The van der Waals surface area contributed by atoms with Crippen molar-refractivity contribution in [2.45, 2.75) is 67.9 Å². The van der Waals surface area contributed by atoms with Crippen LogP contribution < -0.4 is 5.32 Å². The molecule has 3 amide bonds. The molecule has 1 aromatic carbocycles. The Morgan fingerprint density at radius 1 is 1.06 bits per heavy atom. The van der Waals surface area contributed by atoms with Gasteiger partial charge in [-0.3, -0.25) is 14.7 Å². The lowest BCUT2D eigenvalue weighted by Crippen LogP contribution is -2.31. The molecule has 3 rings (SSSR count). The second-order valence-electron chi connectivity index (χ2n) is 10.3. The first-order valence-electron chi connectivity index (χ1n) is 11.1. The molecule has 2 aromatic rings. The van der Waals surface area contributed by atoms with Crippen LogP contribution in [0, 0.1) is 25.2 Å². The standard InChI is InChI=1S/C26H35N3O2/c1-16(2)12-22-20(13-26(5,6)7)24(19-10-8-17(3)9-11-19)21(18(4)28-22)15-29-23(30)14-27-25(29)31/h8-11,16H,12-15H2,1-7H3,(H,27,31). The summed E-state index contributed by atoms with van der Waals surface area (Å²) in [4.78, 5) is 31.0. The molecule has 31 heavy (non-hydrogen) atoms. The first-order valence-corrected chi connectivity index (χ1v) is 11.1. The minimum Gasteiger partial charge on any atom is -0.329 e. The molecule has 1 aliphatic heterocycles. The predicted octanol–water partition coefficient (Wildman–Crippen LogP) is 5.20. The van der Waals surface area contributed by atoms with Crippen LogP contribution in [0.2, 0.25) is 0 Å². The largest absolute Gasteiger partial charge is 0.329 e. The minimum atomic E-state index is -0.331. The van der Waals surface area contributed by atoms with Gasteiger partial charge in [0.2, 0.25) is 5.91 Å². The van der Waals surface area contributed by atoms with Gasteiger partial charge in [0.1, 0.15) is 0 Å². The predicted molar refractivity (Wildman–Crippen MR) is 125 cm³/mol. The van der Waals surface area contributed by atoms with Crippen molar-refractivity contribution in [3.8, 4) is 11.1 Å². The lowest BCUT2D eigenvalue weighted by molar-refractivity contribution is -0.125. The van der Waals surface area contributed by atoms with Gasteiger partial charge in [-0.05, 0) is 54.7 Å². The number of benzene rings is 1. The Morgan fingerprint density at radius 3 is 2.23 bits per heavy atom. The number of aromatic nitrogens is 1. The van der Waals surface area contributed by atoms with Crippen LogP contribution >= 0.6 is 0 Å². The van der Waals surface area contributed by atoms with Gasteiger partial charge in [0.05, 0.1) is 13.1 Å². The fourth-order valence-corrected chi connectivity index (χ4v) is 4.16. The topological polar surface area (TPSA) is 62.3 Å². The summed E-state index contributed by atoms with van der Waals surface area (Å²) < 4.78 is 0. The Labute approximate surface area is 186 Å². The Hall–Kier alpha value is -2.69. The van der Waals surface area contributed by atoms with Gasteiger partial charge in [-0.1, -0.05) is 64.4 Å². The van der Waals surface area contributed by atoms with Crippen LogP contribution in [-0.2, 0) is 24.2 Å². The highest BCUT2D eigenvalue weighted by atomic mass is 16.2. The van der Waals surface area contributed by atoms with E-state index in [0.717, 1.165) is 40.9 Å². The summed E-state index contributed by atoms with van der Waals surface area (Å²) in [6.45, 7) is 15.5. The van der Waals surface area contributed by atoms with Gasteiger partial charge in [-0.15, -0.1) is 0 Å². The Kier molecular flexibility index (Phi) is 6.54. The van der Waals surface area contributed by atoms with Crippen molar-refractivity contribution in [1.82, 2.24) is 15.2 Å². The van der Waals surface area contributed by atoms with Crippen molar-refractivity contribution in [1.29, 1.82) is 0 Å². The third-order valence-electron chi connectivity index (χ3n) is 5.59. The molecule has 0 unspecified atom stereocenters. The number of amides is 3. The highest BCUT2D eigenvalue weighted by Crippen LogP contribution is 2.37. The zero-order chi connectivity index (χ0) is 22.9. The molecule has 0 aliphatic carbocycles. The van der Waals surface area contributed by atoms with Crippen molar-refractivity contribution in [3.63, 3.8) is 0 Å². The third kappa shape index (κ3) is 5.33. The Bertz CT molecular complexity index is 969. The quantitative estimate of drug-likeness (QED) is 0.652. The average Bonchev–Trinajstić information content (AvgIpc) is 2.97. The highest BCUT2D eigenvalue weighted by molar-refractivity contribution is 6.02. The van der Waals surface area contributed by atoms with Crippen molar-refractivity contribution < 1.29 is 9.59 Å². The molecule has 1 N–H and O–H groups in total. The van der Waals surface area contributed by atoms with E-state index in [2.05, 4.69) is 71.1 Å². The Balaban J connectivity index is 2.27. The summed E-state index contributed by atoms with van der Waals surface area (Å²) in [5.41, 5.74) is 7.72. The monoisotopic (exact) mass is 421 g/mol. The van der Waals surface area contributed by atoms with Crippen LogP contribution in [0.3, 0.4) is 0 Å². The molecule has 0 spiro atoms. The summed E-state index contributed by atoms with van der Waals surface area (Å²) in [7, 11) is 0. The summed E-state index contributed by atoms with van der Waals surface area (Å²) in [5.74, 6) is 0.288. The fraction of sp³-hybridized carbons (Fsp3) is 0.500. The summed E-state index contributed by atoms with van der Waals surface area (Å²) >= 11 is 0. The summed E-state index contributed by atoms with van der Waals surface area (Å²) in [5, 5.41) is 2.63. The second kappa shape index (κ2) is 8.81. The summed E-state index contributed by atoms with van der Waals surface area (Å²) in [6.07, 6.45) is 1.77. The number of rotatable bonds is 6. The van der Waals surface area contributed by atoms with Gasteiger partial charge < -0.3 is 5.32 Å². The molecular weight excluding hydrogens is 386 g/mol. The van der Waals surface area contributed by atoms with E-state index in [9.17, 15) is 9.59 Å². The van der Waals surface area contributed by atoms with Crippen molar-refractivity contribution in [2.24, 2.45) is 11.3 Å². The van der Waals surface area contributed by atoms with Crippen molar-refractivity contribution in [3.05, 3.63) is 52.3 Å². The van der Waals surface area contributed by atoms with E-state index in [1.54, 1.807) is 0 Å². The lowest BCUT2D eigenvalue weighted by Gasteiger charge is -2.27. The zero-order valence-corrected chi connectivity index (χ0v) is 19.9. The van der Waals surface area contributed by atoms with Crippen LogP contribution in [0.15, 0.2) is 24.3 Å². The van der Waals surface area contributed by atoms with Crippen LogP contribution in [0.4, 0.5) is 4.79 Å². The molecule has 5 heteroatoms. The maximum Gasteiger partial charge on any atom is 0.324 e. The van der Waals surface area contributed by atoms with Gasteiger partial charge in [-0.25, -0.2) is 4.79 Å².